The van der Waals surface area contributed by atoms with Crippen LogP contribution in [-0.4, -0.2) is 18.5 Å². The number of nitrogens with one attached hydrogen (secondary N) is 1. The van der Waals surface area contributed by atoms with E-state index in [1.807, 2.05) is 20.8 Å². The summed E-state index contributed by atoms with van der Waals surface area (Å²) in [4.78, 5) is 26.0. The molecule has 0 spiro atoms. The zero-order valence-corrected chi connectivity index (χ0v) is 14.7. The lowest BCUT2D eigenvalue weighted by molar-refractivity contribution is -0.124. The first kappa shape index (κ1) is 17.0. The van der Waals surface area contributed by atoms with Gasteiger partial charge >= 0.3 is 5.97 Å². The number of hydrogen-bond acceptors (Lipinski definition) is 4. The van der Waals surface area contributed by atoms with E-state index in [9.17, 15) is 9.59 Å². The van der Waals surface area contributed by atoms with Gasteiger partial charge in [0, 0.05) is 10.3 Å². The minimum atomic E-state index is -0.448. The molecule has 0 fully saturated rings. The molecule has 0 unspecified atom stereocenters. The van der Waals surface area contributed by atoms with Crippen LogP contribution in [0, 0.1) is 5.41 Å². The number of esters is 1. The highest BCUT2D eigenvalue weighted by atomic mass is 32.1. The molecule has 0 aromatic carbocycles. The minimum absolute atomic E-state index is 0.0425. The van der Waals surface area contributed by atoms with Gasteiger partial charge in [-0.15, -0.1) is 11.3 Å². The first-order chi connectivity index (χ1) is 10.4. The number of amides is 1. The third kappa shape index (κ3) is 3.35. The van der Waals surface area contributed by atoms with E-state index in [1.165, 1.54) is 16.2 Å². The van der Waals surface area contributed by atoms with Crippen LogP contribution < -0.4 is 5.32 Å². The number of hydrogen-bond donors (Lipinski definition) is 1. The van der Waals surface area contributed by atoms with Crippen molar-refractivity contribution >= 4 is 28.2 Å². The smallest absolute Gasteiger partial charge is 0.341 e. The van der Waals surface area contributed by atoms with Crippen LogP contribution in [0.5, 0.6) is 0 Å². The monoisotopic (exact) mass is 323 g/mol. The predicted octanol–water partition coefficient (Wildman–Crippen LogP) is 4.18. The lowest BCUT2D eigenvalue weighted by atomic mass is 9.89. The number of fused-ring (bicyclic) bond motifs is 1. The van der Waals surface area contributed by atoms with Crippen molar-refractivity contribution in [3.05, 3.63) is 16.0 Å². The molecule has 1 aromatic rings. The van der Waals surface area contributed by atoms with Crippen molar-refractivity contribution in [3.8, 4) is 0 Å². The van der Waals surface area contributed by atoms with Crippen molar-refractivity contribution in [3.63, 3.8) is 0 Å². The fourth-order valence-electron chi connectivity index (χ4n) is 2.51. The Hall–Kier alpha value is -1.36. The van der Waals surface area contributed by atoms with E-state index in [1.54, 1.807) is 6.92 Å². The Bertz CT molecular complexity index is 575. The van der Waals surface area contributed by atoms with E-state index in [-0.39, 0.29) is 11.9 Å². The highest BCUT2D eigenvalue weighted by Crippen LogP contribution is 2.39. The highest BCUT2D eigenvalue weighted by molar-refractivity contribution is 7.17. The molecule has 0 saturated carbocycles. The first-order valence-corrected chi connectivity index (χ1v) is 8.85. The topological polar surface area (TPSA) is 55.4 Å². The van der Waals surface area contributed by atoms with E-state index in [0.29, 0.717) is 17.2 Å². The summed E-state index contributed by atoms with van der Waals surface area (Å²) in [7, 11) is 0. The summed E-state index contributed by atoms with van der Waals surface area (Å²) in [5.74, 6) is -0.356. The van der Waals surface area contributed by atoms with Crippen LogP contribution in [-0.2, 0) is 22.4 Å². The highest BCUT2D eigenvalue weighted by Gasteiger charge is 2.31. The molecule has 5 heteroatoms. The molecule has 0 saturated heterocycles. The normalized spacial score (nSPS) is 14.4. The molecule has 2 rings (SSSR count). The maximum absolute atomic E-state index is 12.5. The standard InChI is InChI=1S/C17H25NO3S/c1-5-17(3,4)16(20)18-14-13(15(19)21-6-2)11-9-7-8-10-12(11)22-14/h5-10H2,1-4H3,(H,18,20). The van der Waals surface area contributed by atoms with Crippen LogP contribution in [0.1, 0.15) is 67.8 Å². The molecule has 122 valence electrons. The molecule has 1 aliphatic rings. The Balaban J connectivity index is 2.36. The maximum Gasteiger partial charge on any atom is 0.341 e. The molecule has 0 bridgehead atoms. The second kappa shape index (κ2) is 6.82. The fourth-order valence-corrected chi connectivity index (χ4v) is 3.78. The van der Waals surface area contributed by atoms with Gasteiger partial charge in [-0.1, -0.05) is 20.8 Å². The summed E-state index contributed by atoms with van der Waals surface area (Å²) in [5.41, 5.74) is 1.22. The predicted molar refractivity (Wildman–Crippen MR) is 89.6 cm³/mol. The number of thiophene rings is 1. The van der Waals surface area contributed by atoms with Crippen LogP contribution in [0.4, 0.5) is 5.00 Å². The van der Waals surface area contributed by atoms with Gasteiger partial charge in [-0.05, 0) is 44.6 Å². The van der Waals surface area contributed by atoms with Crippen molar-refractivity contribution < 1.29 is 14.3 Å². The average Bonchev–Trinajstić information content (AvgIpc) is 2.85. The molecule has 0 radical (unpaired) electrons. The summed E-state index contributed by atoms with van der Waals surface area (Å²) in [6.45, 7) is 7.97. The Labute approximate surface area is 136 Å². The van der Waals surface area contributed by atoms with Gasteiger partial charge in [0.05, 0.1) is 12.2 Å². The van der Waals surface area contributed by atoms with Crippen molar-refractivity contribution in [2.24, 2.45) is 5.41 Å². The molecule has 22 heavy (non-hydrogen) atoms. The van der Waals surface area contributed by atoms with Crippen molar-refractivity contribution in [1.29, 1.82) is 0 Å². The summed E-state index contributed by atoms with van der Waals surface area (Å²) >= 11 is 1.54. The molecule has 0 atom stereocenters. The van der Waals surface area contributed by atoms with E-state index >= 15 is 0 Å². The van der Waals surface area contributed by atoms with E-state index in [0.717, 1.165) is 37.7 Å². The molecule has 1 heterocycles. The Morgan fingerprint density at radius 2 is 1.91 bits per heavy atom. The average molecular weight is 323 g/mol. The summed E-state index contributed by atoms with van der Waals surface area (Å²) < 4.78 is 5.20. The lowest BCUT2D eigenvalue weighted by Gasteiger charge is -2.21. The number of carbonyl (C=O) groups is 2. The van der Waals surface area contributed by atoms with Crippen LogP contribution in [0.15, 0.2) is 0 Å². The summed E-state index contributed by atoms with van der Waals surface area (Å²) in [5, 5.41) is 3.64. The molecule has 1 aromatic heterocycles. The van der Waals surface area contributed by atoms with Gasteiger partial charge < -0.3 is 10.1 Å². The Kier molecular flexibility index (Phi) is 5.27. The van der Waals surface area contributed by atoms with Gasteiger partial charge in [0.15, 0.2) is 0 Å². The second-order valence-corrected chi connectivity index (χ2v) is 7.43. The van der Waals surface area contributed by atoms with Crippen LogP contribution in [0.2, 0.25) is 0 Å². The second-order valence-electron chi connectivity index (χ2n) is 6.33. The van der Waals surface area contributed by atoms with Gasteiger partial charge in [0.25, 0.3) is 0 Å². The van der Waals surface area contributed by atoms with Crippen LogP contribution in [0.3, 0.4) is 0 Å². The van der Waals surface area contributed by atoms with Crippen molar-refractivity contribution in [2.75, 3.05) is 11.9 Å². The van der Waals surface area contributed by atoms with E-state index in [2.05, 4.69) is 5.32 Å². The molecular weight excluding hydrogens is 298 g/mol. The Morgan fingerprint density at radius 1 is 1.23 bits per heavy atom. The number of ether oxygens (including phenoxy) is 1. The molecule has 0 aliphatic heterocycles. The first-order valence-electron chi connectivity index (χ1n) is 8.03. The zero-order chi connectivity index (χ0) is 16.3. The molecule has 1 amide bonds. The van der Waals surface area contributed by atoms with Gasteiger partial charge in [-0.25, -0.2) is 4.79 Å². The van der Waals surface area contributed by atoms with Crippen molar-refractivity contribution in [2.45, 2.75) is 59.8 Å². The largest absolute Gasteiger partial charge is 0.462 e. The zero-order valence-electron chi connectivity index (χ0n) is 13.9. The number of rotatable bonds is 5. The van der Waals surface area contributed by atoms with Crippen molar-refractivity contribution in [1.82, 2.24) is 0 Å². The third-order valence-electron chi connectivity index (χ3n) is 4.38. The van der Waals surface area contributed by atoms with Gasteiger partial charge in [0.2, 0.25) is 5.91 Å². The fraction of sp³-hybridized carbons (Fsp3) is 0.647. The van der Waals surface area contributed by atoms with E-state index < -0.39 is 5.41 Å². The molecule has 1 aliphatic carbocycles. The number of aryl methyl sites for hydroxylation is 1. The van der Waals surface area contributed by atoms with Gasteiger partial charge in [0.1, 0.15) is 5.00 Å². The van der Waals surface area contributed by atoms with Gasteiger partial charge in [-0.2, -0.15) is 0 Å². The third-order valence-corrected chi connectivity index (χ3v) is 5.58. The number of carbonyl (C=O) groups excluding carboxylic acids is 2. The summed E-state index contributed by atoms with van der Waals surface area (Å²) in [6.07, 6.45) is 4.86. The molecular formula is C17H25NO3S. The Morgan fingerprint density at radius 3 is 2.55 bits per heavy atom. The lowest BCUT2D eigenvalue weighted by Crippen LogP contribution is -2.30. The quantitative estimate of drug-likeness (QED) is 0.827. The van der Waals surface area contributed by atoms with Crippen LogP contribution >= 0.6 is 11.3 Å². The maximum atomic E-state index is 12.5. The van der Waals surface area contributed by atoms with Gasteiger partial charge in [-0.3, -0.25) is 4.79 Å². The molecule has 4 nitrogen and oxygen atoms in total. The minimum Gasteiger partial charge on any atom is -0.462 e. The number of anilines is 1. The summed E-state index contributed by atoms with van der Waals surface area (Å²) in [6, 6.07) is 0. The SMILES string of the molecule is CCOC(=O)c1c(NC(=O)C(C)(C)CC)sc2c1CCCC2. The van der Waals surface area contributed by atoms with E-state index in [4.69, 9.17) is 4.74 Å². The molecule has 1 N–H and O–H groups in total. The van der Waals surface area contributed by atoms with Crippen LogP contribution in [0.25, 0.3) is 0 Å².